The summed E-state index contributed by atoms with van der Waals surface area (Å²) >= 11 is 7.06. The maximum Gasteiger partial charge on any atom is 0.112 e. The molecule has 0 spiro atoms. The zero-order valence-electron chi connectivity index (χ0n) is 22.0. The molecule has 0 bridgehead atoms. The molecular weight excluding hydrogens is 475 g/mol. The summed E-state index contributed by atoms with van der Waals surface area (Å²) < 4.78 is 0. The summed E-state index contributed by atoms with van der Waals surface area (Å²) in [6, 6.07) is 38.2. The number of fused-ring (bicyclic) bond motifs is 1. The van der Waals surface area contributed by atoms with Crippen molar-refractivity contribution in [3.8, 4) is 0 Å². The van der Waals surface area contributed by atoms with Gasteiger partial charge in [0.05, 0.1) is 6.16 Å². The third-order valence-corrected chi connectivity index (χ3v) is 13.1. The first kappa shape index (κ1) is 25.3. The molecule has 36 heavy (non-hydrogen) atoms. The number of hydrogen-bond acceptors (Lipinski definition) is 0. The summed E-state index contributed by atoms with van der Waals surface area (Å²) in [5.74, 6) is 0. The maximum absolute atomic E-state index is 7.06. The number of halogens is 1. The van der Waals surface area contributed by atoms with Gasteiger partial charge in [-0.1, -0.05) is 100.0 Å². The zero-order valence-corrected chi connectivity index (χ0v) is 23.6. The van der Waals surface area contributed by atoms with Crippen molar-refractivity contribution >= 4 is 34.8 Å². The van der Waals surface area contributed by atoms with E-state index in [0.29, 0.717) is 0 Å². The zero-order chi connectivity index (χ0) is 25.4. The SMILES string of the molecule is CC1(C)CCC(C)(C)c2cc(CC[P+](c3ccccc3)(c3ccccc3)c3ccccc3)c(Cl)cc21. The Labute approximate surface area is 223 Å². The van der Waals surface area contributed by atoms with Crippen molar-refractivity contribution < 1.29 is 0 Å². The molecule has 4 aromatic carbocycles. The van der Waals surface area contributed by atoms with Crippen molar-refractivity contribution in [3.05, 3.63) is 125 Å². The van der Waals surface area contributed by atoms with E-state index in [0.717, 1.165) is 17.6 Å². The molecule has 5 rings (SSSR count). The fourth-order valence-corrected chi connectivity index (χ4v) is 10.5. The molecule has 0 amide bonds. The van der Waals surface area contributed by atoms with Gasteiger partial charge in [0.1, 0.15) is 23.2 Å². The van der Waals surface area contributed by atoms with Crippen molar-refractivity contribution in [2.75, 3.05) is 6.16 Å². The van der Waals surface area contributed by atoms with E-state index < -0.39 is 7.26 Å². The first-order valence-electron chi connectivity index (χ1n) is 13.1. The van der Waals surface area contributed by atoms with Crippen LogP contribution in [0.1, 0.15) is 57.2 Å². The van der Waals surface area contributed by atoms with Crippen LogP contribution in [0.2, 0.25) is 5.02 Å². The van der Waals surface area contributed by atoms with E-state index in [9.17, 15) is 0 Å². The Hall–Kier alpha value is -2.40. The van der Waals surface area contributed by atoms with E-state index in [1.165, 1.54) is 45.4 Å². The molecule has 0 saturated heterocycles. The summed E-state index contributed by atoms with van der Waals surface area (Å²) in [7, 11) is -1.88. The quantitative estimate of drug-likeness (QED) is 0.229. The molecule has 0 fully saturated rings. The second-order valence-corrected chi connectivity index (χ2v) is 15.6. The van der Waals surface area contributed by atoms with Gasteiger partial charge in [-0.15, -0.1) is 0 Å². The fraction of sp³-hybridized carbons (Fsp3) is 0.294. The predicted molar refractivity (Wildman–Crippen MR) is 160 cm³/mol. The second kappa shape index (κ2) is 9.81. The molecule has 4 aromatic rings. The van der Waals surface area contributed by atoms with Gasteiger partial charge >= 0.3 is 0 Å². The monoisotopic (exact) mass is 511 g/mol. The summed E-state index contributed by atoms with van der Waals surface area (Å²) in [6.45, 7) is 9.53. The first-order chi connectivity index (χ1) is 17.2. The largest absolute Gasteiger partial charge is 0.112 e. The van der Waals surface area contributed by atoms with Crippen LogP contribution < -0.4 is 15.9 Å². The first-order valence-corrected chi connectivity index (χ1v) is 15.5. The van der Waals surface area contributed by atoms with Crippen LogP contribution in [0, 0.1) is 0 Å². The molecule has 1 aliphatic carbocycles. The average Bonchev–Trinajstić information content (AvgIpc) is 2.90. The highest BCUT2D eigenvalue weighted by molar-refractivity contribution is 7.95. The minimum Gasteiger partial charge on any atom is -0.0840 e. The van der Waals surface area contributed by atoms with E-state index in [-0.39, 0.29) is 10.8 Å². The fourth-order valence-electron chi connectivity index (χ4n) is 5.99. The smallest absolute Gasteiger partial charge is 0.0840 e. The van der Waals surface area contributed by atoms with Crippen LogP contribution in [0.15, 0.2) is 103 Å². The third kappa shape index (κ3) is 4.55. The molecule has 0 aromatic heterocycles. The lowest BCUT2D eigenvalue weighted by Crippen LogP contribution is -2.35. The van der Waals surface area contributed by atoms with E-state index in [2.05, 4.69) is 131 Å². The number of benzene rings is 4. The van der Waals surface area contributed by atoms with Crippen molar-refractivity contribution in [1.29, 1.82) is 0 Å². The maximum atomic E-state index is 7.06. The van der Waals surface area contributed by atoms with Gasteiger partial charge in [-0.25, -0.2) is 0 Å². The Morgan fingerprint density at radius 1 is 0.611 bits per heavy atom. The van der Waals surface area contributed by atoms with Gasteiger partial charge in [0.2, 0.25) is 0 Å². The van der Waals surface area contributed by atoms with Gasteiger partial charge in [-0.2, -0.15) is 0 Å². The topological polar surface area (TPSA) is 0 Å². The van der Waals surface area contributed by atoms with Crippen LogP contribution in [0.3, 0.4) is 0 Å². The highest BCUT2D eigenvalue weighted by Crippen LogP contribution is 2.56. The number of hydrogen-bond donors (Lipinski definition) is 0. The van der Waals surface area contributed by atoms with E-state index in [4.69, 9.17) is 11.6 Å². The van der Waals surface area contributed by atoms with Crippen LogP contribution in [0.5, 0.6) is 0 Å². The molecule has 0 unspecified atom stereocenters. The molecule has 0 N–H and O–H groups in total. The van der Waals surface area contributed by atoms with Crippen molar-refractivity contribution in [2.24, 2.45) is 0 Å². The van der Waals surface area contributed by atoms with Crippen molar-refractivity contribution in [1.82, 2.24) is 0 Å². The van der Waals surface area contributed by atoms with E-state index in [1.54, 1.807) is 0 Å². The molecule has 0 nitrogen and oxygen atoms in total. The number of aryl methyl sites for hydroxylation is 1. The predicted octanol–water partition coefficient (Wildman–Crippen LogP) is 8.23. The molecule has 0 radical (unpaired) electrons. The third-order valence-electron chi connectivity index (χ3n) is 8.33. The summed E-state index contributed by atoms with van der Waals surface area (Å²) in [4.78, 5) is 0. The molecule has 0 atom stereocenters. The van der Waals surface area contributed by atoms with Crippen LogP contribution in [-0.4, -0.2) is 6.16 Å². The molecule has 1 aliphatic rings. The van der Waals surface area contributed by atoms with Crippen LogP contribution in [0.25, 0.3) is 0 Å². The minimum atomic E-state index is -1.88. The standard InChI is InChI=1S/C34H37ClP/c1-33(2)21-22-34(3,4)31-25-32(35)26(24-30(31)33)20-23-36(27-14-8-5-9-15-27,28-16-10-6-11-17-28)29-18-12-7-13-19-29/h5-19,24-25H,20-23H2,1-4H3/q+1. The van der Waals surface area contributed by atoms with Gasteiger partial charge in [0.15, 0.2) is 0 Å². The lowest BCUT2D eigenvalue weighted by Gasteiger charge is -2.42. The molecule has 184 valence electrons. The van der Waals surface area contributed by atoms with Gasteiger partial charge < -0.3 is 0 Å². The lowest BCUT2D eigenvalue weighted by atomic mass is 9.63. The molecule has 0 heterocycles. The molecule has 0 saturated carbocycles. The van der Waals surface area contributed by atoms with Gasteiger partial charge in [-0.3, -0.25) is 0 Å². The van der Waals surface area contributed by atoms with E-state index in [1.807, 2.05) is 0 Å². The van der Waals surface area contributed by atoms with Crippen LogP contribution >= 0.6 is 18.9 Å². The van der Waals surface area contributed by atoms with Crippen LogP contribution in [-0.2, 0) is 17.3 Å². The molecule has 2 heteroatoms. The Balaban J connectivity index is 1.64. The molecule has 0 aliphatic heterocycles. The Morgan fingerprint density at radius 3 is 1.42 bits per heavy atom. The second-order valence-electron chi connectivity index (χ2n) is 11.5. The highest BCUT2D eigenvalue weighted by atomic mass is 35.5. The summed E-state index contributed by atoms with van der Waals surface area (Å²) in [5.41, 5.74) is 4.55. The van der Waals surface area contributed by atoms with E-state index >= 15 is 0 Å². The van der Waals surface area contributed by atoms with Gasteiger partial charge in [0, 0.05) is 11.4 Å². The summed E-state index contributed by atoms with van der Waals surface area (Å²) in [5, 5.41) is 5.21. The highest BCUT2D eigenvalue weighted by Gasteiger charge is 2.45. The normalized spacial score (nSPS) is 16.4. The lowest BCUT2D eigenvalue weighted by molar-refractivity contribution is 0.331. The van der Waals surface area contributed by atoms with Gasteiger partial charge in [0.25, 0.3) is 0 Å². The Bertz CT molecular complexity index is 1230. The minimum absolute atomic E-state index is 0.169. The average molecular weight is 512 g/mol. The van der Waals surface area contributed by atoms with Crippen LogP contribution in [0.4, 0.5) is 0 Å². The summed E-state index contributed by atoms with van der Waals surface area (Å²) in [6.07, 6.45) is 4.42. The van der Waals surface area contributed by atoms with Crippen molar-refractivity contribution in [3.63, 3.8) is 0 Å². The molecular formula is C34H37ClP+. The van der Waals surface area contributed by atoms with Gasteiger partial charge in [-0.05, 0) is 82.8 Å². The Kier molecular flexibility index (Phi) is 6.88. The Morgan fingerprint density at radius 2 is 1.00 bits per heavy atom. The number of rotatable bonds is 6. The van der Waals surface area contributed by atoms with Crippen molar-refractivity contribution in [2.45, 2.75) is 57.8 Å².